The van der Waals surface area contributed by atoms with Gasteiger partial charge in [-0.2, -0.15) is 5.26 Å². The Bertz CT molecular complexity index is 583. The summed E-state index contributed by atoms with van der Waals surface area (Å²) in [7, 11) is 0. The maximum Gasteiger partial charge on any atom is 0.375 e. The van der Waals surface area contributed by atoms with E-state index >= 15 is 0 Å². The Labute approximate surface area is 110 Å². The molecule has 0 atom stereocenters. The lowest BCUT2D eigenvalue weighted by Crippen LogP contribution is -2.03. The molecule has 1 aromatic carbocycles. The van der Waals surface area contributed by atoms with Crippen molar-refractivity contribution in [2.75, 3.05) is 6.61 Å². The summed E-state index contributed by atoms with van der Waals surface area (Å²) in [6.07, 6.45) is 0. The summed E-state index contributed by atoms with van der Waals surface area (Å²) in [6.45, 7) is -0.0784. The predicted molar refractivity (Wildman–Crippen MR) is 65.4 cm³/mol. The van der Waals surface area contributed by atoms with E-state index in [1.54, 1.807) is 12.1 Å². The zero-order valence-electron chi connectivity index (χ0n) is 10.0. The smallest absolute Gasteiger partial charge is 0.375 e. The molecule has 0 amide bonds. The Morgan fingerprint density at radius 1 is 1.21 bits per heavy atom. The minimum Gasteiger partial charge on any atom is -0.486 e. The number of nitriles is 1. The Kier molecular flexibility index (Phi) is 4.19. The maximum atomic E-state index is 11.4. The summed E-state index contributed by atoms with van der Waals surface area (Å²) in [5, 5.41) is 8.30. The number of rotatable bonds is 5. The number of carbonyl (C=O) groups is 1. The summed E-state index contributed by atoms with van der Waals surface area (Å²) in [5.41, 5.74) is 0. The van der Waals surface area contributed by atoms with Gasteiger partial charge < -0.3 is 13.9 Å². The van der Waals surface area contributed by atoms with Gasteiger partial charge in [-0.1, -0.05) is 18.2 Å². The lowest BCUT2D eigenvalue weighted by Gasteiger charge is -2.03. The van der Waals surface area contributed by atoms with E-state index < -0.39 is 5.97 Å². The van der Waals surface area contributed by atoms with Crippen LogP contribution in [0.4, 0.5) is 0 Å². The molecule has 5 heteroatoms. The van der Waals surface area contributed by atoms with Gasteiger partial charge in [-0.3, -0.25) is 0 Å². The van der Waals surface area contributed by atoms with Gasteiger partial charge in [0, 0.05) is 0 Å². The first-order valence-electron chi connectivity index (χ1n) is 5.60. The number of carbonyl (C=O) groups excluding carboxylic acids is 1. The average molecular weight is 257 g/mol. The molecule has 0 N–H and O–H groups in total. The van der Waals surface area contributed by atoms with Crippen LogP contribution < -0.4 is 4.74 Å². The molecular weight excluding hydrogens is 246 g/mol. The number of furan rings is 1. The van der Waals surface area contributed by atoms with Crippen molar-refractivity contribution in [2.45, 2.75) is 6.61 Å². The Morgan fingerprint density at radius 2 is 2.00 bits per heavy atom. The number of benzene rings is 1. The van der Waals surface area contributed by atoms with Crippen LogP contribution in [0.2, 0.25) is 0 Å². The van der Waals surface area contributed by atoms with Crippen LogP contribution in [0.3, 0.4) is 0 Å². The number of ether oxygens (including phenoxy) is 2. The first kappa shape index (κ1) is 12.7. The molecule has 96 valence electrons. The van der Waals surface area contributed by atoms with E-state index in [9.17, 15) is 4.79 Å². The van der Waals surface area contributed by atoms with Crippen LogP contribution in [-0.4, -0.2) is 12.6 Å². The molecule has 0 aliphatic carbocycles. The van der Waals surface area contributed by atoms with Gasteiger partial charge in [-0.15, -0.1) is 0 Å². The first-order valence-corrected chi connectivity index (χ1v) is 5.60. The van der Waals surface area contributed by atoms with E-state index in [1.165, 1.54) is 6.07 Å². The van der Waals surface area contributed by atoms with E-state index in [0.717, 1.165) is 0 Å². The van der Waals surface area contributed by atoms with Crippen LogP contribution in [0, 0.1) is 11.3 Å². The van der Waals surface area contributed by atoms with Gasteiger partial charge in [0.1, 0.15) is 24.2 Å². The van der Waals surface area contributed by atoms with Crippen LogP contribution in [0.15, 0.2) is 46.9 Å². The zero-order valence-corrected chi connectivity index (χ0v) is 10.0. The second-order valence-electron chi connectivity index (χ2n) is 3.60. The quantitative estimate of drug-likeness (QED) is 0.769. The van der Waals surface area contributed by atoms with Crippen LogP contribution in [0.25, 0.3) is 0 Å². The fourth-order valence-electron chi connectivity index (χ4n) is 1.41. The van der Waals surface area contributed by atoms with E-state index in [0.29, 0.717) is 11.5 Å². The van der Waals surface area contributed by atoms with Gasteiger partial charge in [0.25, 0.3) is 0 Å². The van der Waals surface area contributed by atoms with Crippen LogP contribution in [0.1, 0.15) is 16.3 Å². The highest BCUT2D eigenvalue weighted by Crippen LogP contribution is 2.14. The SMILES string of the molecule is N#CCOC(=O)c1ccc(COc2ccccc2)o1. The number of nitrogens with zero attached hydrogens (tertiary/aromatic N) is 1. The molecule has 0 bridgehead atoms. The number of hydrogen-bond acceptors (Lipinski definition) is 5. The molecule has 19 heavy (non-hydrogen) atoms. The van der Waals surface area contributed by atoms with Gasteiger partial charge in [0.05, 0.1) is 0 Å². The van der Waals surface area contributed by atoms with Crippen molar-refractivity contribution in [3.8, 4) is 11.8 Å². The van der Waals surface area contributed by atoms with Crippen molar-refractivity contribution in [1.29, 1.82) is 5.26 Å². The average Bonchev–Trinajstić information content (AvgIpc) is 2.92. The molecule has 0 radical (unpaired) electrons. The van der Waals surface area contributed by atoms with Gasteiger partial charge in [0.2, 0.25) is 5.76 Å². The third kappa shape index (κ3) is 3.61. The summed E-state index contributed by atoms with van der Waals surface area (Å²) < 4.78 is 15.3. The van der Waals surface area contributed by atoms with Crippen molar-refractivity contribution in [3.05, 3.63) is 54.0 Å². The summed E-state index contributed by atoms with van der Waals surface area (Å²) in [6, 6.07) is 14.1. The normalized spacial score (nSPS) is 9.63. The van der Waals surface area contributed by atoms with E-state index in [-0.39, 0.29) is 19.0 Å². The first-order chi connectivity index (χ1) is 9.29. The highest BCUT2D eigenvalue weighted by atomic mass is 16.5. The largest absolute Gasteiger partial charge is 0.486 e. The summed E-state index contributed by atoms with van der Waals surface area (Å²) in [4.78, 5) is 11.4. The van der Waals surface area contributed by atoms with Crippen molar-refractivity contribution < 1.29 is 18.7 Å². The maximum absolute atomic E-state index is 11.4. The molecule has 0 aliphatic rings. The fraction of sp³-hybridized carbons (Fsp3) is 0.143. The van der Waals surface area contributed by atoms with Crippen molar-refractivity contribution >= 4 is 5.97 Å². The van der Waals surface area contributed by atoms with E-state index in [4.69, 9.17) is 14.4 Å². The molecule has 0 unspecified atom stereocenters. The van der Waals surface area contributed by atoms with E-state index in [2.05, 4.69) is 4.74 Å². The molecule has 1 heterocycles. The third-order valence-corrected chi connectivity index (χ3v) is 2.25. The number of esters is 1. The minimum absolute atomic E-state index is 0.0573. The second kappa shape index (κ2) is 6.26. The summed E-state index contributed by atoms with van der Waals surface area (Å²) in [5.74, 6) is 0.620. The monoisotopic (exact) mass is 257 g/mol. The van der Waals surface area contributed by atoms with Crippen LogP contribution in [-0.2, 0) is 11.3 Å². The highest BCUT2D eigenvalue weighted by Gasteiger charge is 2.12. The lowest BCUT2D eigenvalue weighted by molar-refractivity contribution is 0.0515. The fourth-order valence-corrected chi connectivity index (χ4v) is 1.41. The van der Waals surface area contributed by atoms with Crippen LogP contribution >= 0.6 is 0 Å². The van der Waals surface area contributed by atoms with Gasteiger partial charge in [-0.25, -0.2) is 4.79 Å². The van der Waals surface area contributed by atoms with Crippen molar-refractivity contribution in [3.63, 3.8) is 0 Å². The standard InChI is InChI=1S/C14H11NO4/c15-8-9-17-14(16)13-7-6-12(19-13)10-18-11-4-2-1-3-5-11/h1-7H,9-10H2. The van der Waals surface area contributed by atoms with Crippen molar-refractivity contribution in [1.82, 2.24) is 0 Å². The molecular formula is C14H11NO4. The second-order valence-corrected chi connectivity index (χ2v) is 3.60. The molecule has 1 aromatic heterocycles. The summed E-state index contributed by atoms with van der Waals surface area (Å²) >= 11 is 0. The topological polar surface area (TPSA) is 72.5 Å². The number of para-hydroxylation sites is 1. The minimum atomic E-state index is -0.660. The Balaban J connectivity index is 1.91. The molecule has 0 aliphatic heterocycles. The zero-order chi connectivity index (χ0) is 13.5. The lowest BCUT2D eigenvalue weighted by atomic mass is 10.3. The molecule has 5 nitrogen and oxygen atoms in total. The molecule has 2 aromatic rings. The Hall–Kier alpha value is -2.74. The van der Waals surface area contributed by atoms with E-state index in [1.807, 2.05) is 30.3 Å². The number of hydrogen-bond donors (Lipinski definition) is 0. The molecule has 0 saturated heterocycles. The van der Waals surface area contributed by atoms with Gasteiger partial charge >= 0.3 is 5.97 Å². The molecule has 0 fully saturated rings. The molecule has 2 rings (SSSR count). The highest BCUT2D eigenvalue weighted by molar-refractivity contribution is 5.86. The predicted octanol–water partition coefficient (Wildman–Crippen LogP) is 2.54. The molecule has 0 saturated carbocycles. The van der Waals surface area contributed by atoms with Crippen molar-refractivity contribution in [2.24, 2.45) is 0 Å². The molecule has 0 spiro atoms. The van der Waals surface area contributed by atoms with Gasteiger partial charge in [0.15, 0.2) is 6.61 Å². The third-order valence-electron chi connectivity index (χ3n) is 2.25. The van der Waals surface area contributed by atoms with Crippen LogP contribution in [0.5, 0.6) is 5.75 Å². The van der Waals surface area contributed by atoms with Gasteiger partial charge in [-0.05, 0) is 24.3 Å². The Morgan fingerprint density at radius 3 is 2.74 bits per heavy atom.